The van der Waals surface area contributed by atoms with Crippen LogP contribution >= 0.6 is 0 Å². The zero-order valence-electron chi connectivity index (χ0n) is 21.9. The van der Waals surface area contributed by atoms with Gasteiger partial charge >= 0.3 is 0 Å². The van der Waals surface area contributed by atoms with Crippen molar-refractivity contribution in [2.45, 2.75) is 32.2 Å². The van der Waals surface area contributed by atoms with Crippen molar-refractivity contribution in [2.24, 2.45) is 0 Å². The summed E-state index contributed by atoms with van der Waals surface area (Å²) < 4.78 is 53.7. The van der Waals surface area contributed by atoms with Gasteiger partial charge < -0.3 is 20.0 Å². The van der Waals surface area contributed by atoms with Gasteiger partial charge in [-0.1, -0.05) is 18.6 Å². The maximum Gasteiger partial charge on any atom is 0.214 e. The zero-order chi connectivity index (χ0) is 28.7. The molecule has 1 atom stereocenters. The highest BCUT2D eigenvalue weighted by Crippen LogP contribution is 2.30. The molecule has 1 aliphatic rings. The molecule has 3 aromatic carbocycles. The van der Waals surface area contributed by atoms with Crippen LogP contribution in [0.4, 0.5) is 20.3 Å². The monoisotopic (exact) mass is 576 g/mol. The number of rotatable bonds is 9. The van der Waals surface area contributed by atoms with E-state index in [-0.39, 0.29) is 34.6 Å². The molecule has 5 aromatic rings. The lowest BCUT2D eigenvalue weighted by atomic mass is 9.94. The number of nitrogens with one attached hydrogen (secondary N) is 3. The summed E-state index contributed by atoms with van der Waals surface area (Å²) in [6.45, 7) is 1.82. The molecule has 0 radical (unpaired) electrons. The fraction of sp³-hybridized carbons (Fsp3) is 0.172. The van der Waals surface area contributed by atoms with Crippen molar-refractivity contribution < 1.29 is 22.9 Å². The molecule has 1 aliphatic carbocycles. The number of aromatic nitrogens is 3. The molecule has 1 saturated carbocycles. The van der Waals surface area contributed by atoms with Crippen LogP contribution in [-0.2, 0) is 11.5 Å². The quantitative estimate of drug-likeness (QED) is 0.131. The number of para-hydroxylation sites is 1. The maximum absolute atomic E-state index is 14.7. The first-order chi connectivity index (χ1) is 19.8. The number of hydrogen-bond acceptors (Lipinski definition) is 7. The fourth-order valence-corrected chi connectivity index (χ4v) is 5.57. The molecule has 2 aromatic heterocycles. The second-order valence-corrected chi connectivity index (χ2v) is 10.9. The van der Waals surface area contributed by atoms with E-state index >= 15 is 0 Å². The van der Waals surface area contributed by atoms with E-state index in [9.17, 15) is 18.1 Å². The molecule has 1 fully saturated rings. The van der Waals surface area contributed by atoms with Gasteiger partial charge in [0.2, 0.25) is 5.78 Å². The molecule has 1 unspecified atom stereocenters. The van der Waals surface area contributed by atoms with Gasteiger partial charge in [-0.25, -0.2) is 13.5 Å². The smallest absolute Gasteiger partial charge is 0.214 e. The average Bonchev–Trinajstić information content (AvgIpc) is 3.50. The minimum absolute atomic E-state index is 0.0498. The number of nitrogens with zero attached hydrogens (tertiary/aromatic N) is 2. The Hall–Kier alpha value is -4.39. The largest absolute Gasteiger partial charge is 0.574 e. The third-order valence-electron chi connectivity index (χ3n) is 7.05. The number of ether oxygens (including phenoxy) is 1. The van der Waals surface area contributed by atoms with Crippen LogP contribution in [0.25, 0.3) is 16.6 Å². The Bertz CT molecular complexity index is 1770. The van der Waals surface area contributed by atoms with Crippen molar-refractivity contribution in [3.05, 3.63) is 95.3 Å². The minimum Gasteiger partial charge on any atom is -0.574 e. The van der Waals surface area contributed by atoms with Gasteiger partial charge in [0.25, 0.3) is 0 Å². The van der Waals surface area contributed by atoms with Gasteiger partial charge in [-0.05, 0) is 73.9 Å². The predicted molar refractivity (Wildman–Crippen MR) is 153 cm³/mol. The molecular weight excluding hydrogens is 550 g/mol. The molecule has 6 rings (SSSR count). The predicted octanol–water partition coefficient (Wildman–Crippen LogP) is 5.68. The number of carbonyl (C=O) groups excluding carboxylic acids is 1. The van der Waals surface area contributed by atoms with E-state index in [2.05, 4.69) is 19.5 Å². The molecule has 0 bridgehead atoms. The molecule has 5 N–H and O–H groups in total. The molecule has 0 aliphatic heterocycles. The van der Waals surface area contributed by atoms with E-state index in [1.54, 1.807) is 30.3 Å². The number of nitrogen functional groups attached to an aromatic ring is 1. The lowest BCUT2D eigenvalue weighted by Crippen LogP contribution is -2.42. The zero-order valence-corrected chi connectivity index (χ0v) is 22.7. The first-order valence-electron chi connectivity index (χ1n) is 13.0. The second-order valence-electron chi connectivity index (χ2n) is 9.88. The normalized spacial score (nSPS) is 14.1. The number of hydrogen-bond donors (Lipinski definition) is 4. The van der Waals surface area contributed by atoms with E-state index in [1.807, 2.05) is 6.92 Å². The first-order valence-corrected chi connectivity index (χ1v) is 14.1. The lowest BCUT2D eigenvalue weighted by molar-refractivity contribution is 0.103. The number of benzene rings is 3. The SMILES string of the molecule is Cc1cc(Oc2ccccc2F)ccc1-n1ncc(C(=O)c2cc3cc(F)c(N[S+]([O-])NC4CCC4)cc3[nH]2)c1N. The number of H-pyrrole nitrogens is 1. The molecule has 0 spiro atoms. The van der Waals surface area contributed by atoms with Gasteiger partial charge in [0.05, 0.1) is 29.2 Å². The summed E-state index contributed by atoms with van der Waals surface area (Å²) in [7, 11) is 0. The second kappa shape index (κ2) is 10.9. The van der Waals surface area contributed by atoms with Gasteiger partial charge in [-0.15, -0.1) is 4.72 Å². The van der Waals surface area contributed by atoms with Crippen LogP contribution in [0.1, 0.15) is 40.9 Å². The summed E-state index contributed by atoms with van der Waals surface area (Å²) >= 11 is -1.64. The summed E-state index contributed by atoms with van der Waals surface area (Å²) in [5, 5.41) is 4.79. The third-order valence-corrected chi connectivity index (χ3v) is 8.00. The number of aromatic amines is 1. The molecule has 12 heteroatoms. The number of nitrogens with two attached hydrogens (primary N) is 1. The van der Waals surface area contributed by atoms with E-state index in [4.69, 9.17) is 10.5 Å². The Balaban J connectivity index is 1.22. The standard InChI is InChI=1S/C29H26F2N6O3S/c1-16-11-19(40-27-8-3-2-7-21(27)30)9-10-26(16)37-29(32)20(15-33-37)28(38)25-13-17-12-22(31)24(14-23(17)34-25)36-41(39)35-18-5-4-6-18/h2-3,7-15,18,34-36H,4-6,32H2,1H3. The highest BCUT2D eigenvalue weighted by molar-refractivity contribution is 7.90. The van der Waals surface area contributed by atoms with Crippen molar-refractivity contribution in [3.63, 3.8) is 0 Å². The number of anilines is 2. The van der Waals surface area contributed by atoms with Crippen molar-refractivity contribution in [3.8, 4) is 17.2 Å². The average molecular weight is 577 g/mol. The molecule has 0 saturated heterocycles. The van der Waals surface area contributed by atoms with Gasteiger partial charge in [0, 0.05) is 10.9 Å². The number of carbonyl (C=O) groups is 1. The van der Waals surface area contributed by atoms with Crippen LogP contribution in [0.2, 0.25) is 0 Å². The Labute approximate surface area is 237 Å². The van der Waals surface area contributed by atoms with Gasteiger partial charge in [0.1, 0.15) is 17.3 Å². The Kier molecular flexibility index (Phi) is 7.12. The van der Waals surface area contributed by atoms with E-state index in [0.717, 1.165) is 24.8 Å². The third kappa shape index (κ3) is 5.36. The molecule has 210 valence electrons. The number of halogens is 2. The van der Waals surface area contributed by atoms with Crippen molar-refractivity contribution >= 4 is 39.7 Å². The maximum atomic E-state index is 14.7. The van der Waals surface area contributed by atoms with E-state index < -0.39 is 29.0 Å². The molecule has 2 heterocycles. The number of ketones is 1. The highest BCUT2D eigenvalue weighted by Gasteiger charge is 2.25. The first kappa shape index (κ1) is 26.8. The van der Waals surface area contributed by atoms with Gasteiger partial charge in [-0.2, -0.15) is 9.82 Å². The van der Waals surface area contributed by atoms with Gasteiger partial charge in [0.15, 0.2) is 28.9 Å². The Morgan fingerprint density at radius 1 is 1.15 bits per heavy atom. The van der Waals surface area contributed by atoms with Crippen LogP contribution in [0, 0.1) is 18.6 Å². The fourth-order valence-electron chi connectivity index (χ4n) is 4.61. The van der Waals surface area contributed by atoms with Crippen LogP contribution < -0.4 is 19.9 Å². The summed E-state index contributed by atoms with van der Waals surface area (Å²) in [5.41, 5.74) is 8.59. The molecule has 41 heavy (non-hydrogen) atoms. The molecular formula is C29H26F2N6O3S. The van der Waals surface area contributed by atoms with Crippen LogP contribution in [0.3, 0.4) is 0 Å². The minimum atomic E-state index is -1.64. The summed E-state index contributed by atoms with van der Waals surface area (Å²) in [6, 6.07) is 15.6. The number of fused-ring (bicyclic) bond motifs is 1. The van der Waals surface area contributed by atoms with E-state index in [0.29, 0.717) is 22.3 Å². The highest BCUT2D eigenvalue weighted by atomic mass is 32.2. The summed E-state index contributed by atoms with van der Waals surface area (Å²) in [6.07, 6.45) is 4.32. The Morgan fingerprint density at radius 2 is 1.95 bits per heavy atom. The van der Waals surface area contributed by atoms with Crippen molar-refractivity contribution in [2.75, 3.05) is 10.5 Å². The van der Waals surface area contributed by atoms with E-state index in [1.165, 1.54) is 41.2 Å². The van der Waals surface area contributed by atoms with Crippen LogP contribution in [0.5, 0.6) is 11.5 Å². The molecule has 0 amide bonds. The van der Waals surface area contributed by atoms with Crippen LogP contribution in [-0.4, -0.2) is 31.1 Å². The van der Waals surface area contributed by atoms with Crippen LogP contribution in [0.15, 0.2) is 66.9 Å². The summed E-state index contributed by atoms with van der Waals surface area (Å²) in [5.74, 6) is -0.842. The van der Waals surface area contributed by atoms with Crippen molar-refractivity contribution in [1.29, 1.82) is 0 Å². The van der Waals surface area contributed by atoms with Crippen molar-refractivity contribution in [1.82, 2.24) is 19.5 Å². The topological polar surface area (TPSA) is 133 Å². The van der Waals surface area contributed by atoms with Gasteiger partial charge in [-0.3, -0.25) is 4.79 Å². The lowest BCUT2D eigenvalue weighted by Gasteiger charge is -2.26. The Morgan fingerprint density at radius 3 is 2.68 bits per heavy atom. The molecule has 9 nitrogen and oxygen atoms in total. The summed E-state index contributed by atoms with van der Waals surface area (Å²) in [4.78, 5) is 16.4. The number of aryl methyl sites for hydroxylation is 1.